The Hall–Kier alpha value is -2.82. The number of thiazole rings is 1. The van der Waals surface area contributed by atoms with Crippen LogP contribution in [0.3, 0.4) is 0 Å². The molecule has 0 aliphatic heterocycles. The minimum atomic E-state index is -0.185. The number of aromatic nitrogens is 4. The molecule has 0 spiro atoms. The van der Waals surface area contributed by atoms with Crippen molar-refractivity contribution in [3.05, 3.63) is 53.3 Å². The second kappa shape index (κ2) is 9.33. The molecule has 154 valence electrons. The maximum absolute atomic E-state index is 12.2. The van der Waals surface area contributed by atoms with E-state index >= 15 is 0 Å². The molecule has 4 aromatic rings. The third kappa shape index (κ3) is 5.21. The van der Waals surface area contributed by atoms with Gasteiger partial charge in [-0.1, -0.05) is 34.7 Å². The van der Waals surface area contributed by atoms with E-state index in [1.165, 1.54) is 23.1 Å². The summed E-state index contributed by atoms with van der Waals surface area (Å²) < 4.78 is 11.8. The van der Waals surface area contributed by atoms with Crippen molar-refractivity contribution in [1.29, 1.82) is 0 Å². The van der Waals surface area contributed by atoms with Crippen molar-refractivity contribution in [2.75, 3.05) is 18.2 Å². The summed E-state index contributed by atoms with van der Waals surface area (Å²) in [7, 11) is 1.61. The Balaban J connectivity index is 1.27. The average Bonchev–Trinajstić information content (AvgIpc) is 3.37. The van der Waals surface area contributed by atoms with Gasteiger partial charge in [-0.3, -0.25) is 9.89 Å². The van der Waals surface area contributed by atoms with Crippen molar-refractivity contribution >= 4 is 56.0 Å². The molecule has 2 aromatic carbocycles. The highest BCUT2D eigenvalue weighted by Crippen LogP contribution is 2.29. The number of fused-ring (bicyclic) bond motifs is 1. The number of hydrogen-bond donors (Lipinski definition) is 2. The van der Waals surface area contributed by atoms with Crippen molar-refractivity contribution in [3.8, 4) is 11.5 Å². The third-order valence-corrected chi connectivity index (χ3v) is 5.91. The van der Waals surface area contributed by atoms with Crippen molar-refractivity contribution in [2.24, 2.45) is 0 Å². The van der Waals surface area contributed by atoms with E-state index < -0.39 is 0 Å². The van der Waals surface area contributed by atoms with Crippen LogP contribution in [0.4, 0.5) is 5.13 Å². The van der Waals surface area contributed by atoms with Crippen LogP contribution in [0.25, 0.3) is 10.2 Å². The number of carbonyl (C=O) groups is 1. The van der Waals surface area contributed by atoms with E-state index in [0.717, 1.165) is 16.0 Å². The number of aromatic amines is 1. The standard InChI is InChI=1S/C19H16ClN5O3S2/c1-27-13-6-7-14-15(8-13)30-18(21-14)23-17(26)10-29-19-22-16(24-25-19)9-28-12-4-2-11(20)3-5-12/h2-8H,9-10H2,1H3,(H,21,23,26)(H,22,24,25). The van der Waals surface area contributed by atoms with Gasteiger partial charge in [-0.2, -0.15) is 0 Å². The first-order valence-electron chi connectivity index (χ1n) is 8.76. The average molecular weight is 462 g/mol. The number of amides is 1. The predicted octanol–water partition coefficient (Wildman–Crippen LogP) is 4.39. The molecule has 0 aliphatic carbocycles. The normalized spacial score (nSPS) is 10.9. The lowest BCUT2D eigenvalue weighted by Gasteiger charge is -2.03. The van der Waals surface area contributed by atoms with Gasteiger partial charge in [0.1, 0.15) is 18.1 Å². The van der Waals surface area contributed by atoms with Crippen molar-refractivity contribution in [1.82, 2.24) is 20.2 Å². The van der Waals surface area contributed by atoms with Crippen molar-refractivity contribution in [3.63, 3.8) is 0 Å². The summed E-state index contributed by atoms with van der Waals surface area (Å²) in [6.07, 6.45) is 0. The molecule has 11 heteroatoms. The van der Waals surface area contributed by atoms with Crippen molar-refractivity contribution < 1.29 is 14.3 Å². The summed E-state index contributed by atoms with van der Waals surface area (Å²) in [6.45, 7) is 0.233. The molecule has 1 amide bonds. The number of halogens is 1. The van der Waals surface area contributed by atoms with E-state index in [1.54, 1.807) is 31.4 Å². The van der Waals surface area contributed by atoms with Crippen LogP contribution in [0.2, 0.25) is 5.02 Å². The molecular formula is C19H16ClN5O3S2. The topological polar surface area (TPSA) is 102 Å². The Morgan fingerprint density at radius 3 is 2.80 bits per heavy atom. The fraction of sp³-hybridized carbons (Fsp3) is 0.158. The van der Waals surface area contributed by atoms with Crippen LogP contribution in [0, 0.1) is 0 Å². The van der Waals surface area contributed by atoms with Crippen LogP contribution in [0.1, 0.15) is 5.82 Å². The SMILES string of the molecule is COc1ccc2nc(NC(=O)CSc3n[nH]c(COc4ccc(Cl)cc4)n3)sc2c1. The van der Waals surface area contributed by atoms with Gasteiger partial charge < -0.3 is 14.8 Å². The van der Waals surface area contributed by atoms with E-state index in [-0.39, 0.29) is 18.3 Å². The van der Waals surface area contributed by atoms with E-state index in [2.05, 4.69) is 25.5 Å². The molecule has 0 saturated carbocycles. The molecule has 8 nitrogen and oxygen atoms in total. The fourth-order valence-electron chi connectivity index (χ4n) is 2.46. The minimum absolute atomic E-state index is 0.161. The van der Waals surface area contributed by atoms with Gasteiger partial charge in [0.05, 0.1) is 23.1 Å². The van der Waals surface area contributed by atoms with E-state index in [4.69, 9.17) is 21.1 Å². The zero-order chi connectivity index (χ0) is 20.9. The maximum atomic E-state index is 12.2. The van der Waals surface area contributed by atoms with Gasteiger partial charge in [-0.05, 0) is 42.5 Å². The van der Waals surface area contributed by atoms with E-state index in [0.29, 0.717) is 26.9 Å². The van der Waals surface area contributed by atoms with Crippen LogP contribution in [0.15, 0.2) is 47.6 Å². The fourth-order valence-corrected chi connectivity index (χ4v) is 4.11. The molecule has 0 atom stereocenters. The Bertz CT molecular complexity index is 1160. The molecule has 2 N–H and O–H groups in total. The number of nitrogens with one attached hydrogen (secondary N) is 2. The number of rotatable bonds is 8. The number of ether oxygens (including phenoxy) is 2. The van der Waals surface area contributed by atoms with Gasteiger partial charge in [0.25, 0.3) is 0 Å². The van der Waals surface area contributed by atoms with Crippen LogP contribution in [0.5, 0.6) is 11.5 Å². The predicted molar refractivity (Wildman–Crippen MR) is 118 cm³/mol. The zero-order valence-electron chi connectivity index (χ0n) is 15.7. The van der Waals surface area contributed by atoms with Crippen LogP contribution in [-0.2, 0) is 11.4 Å². The molecule has 0 unspecified atom stereocenters. The first-order chi connectivity index (χ1) is 14.6. The number of thioether (sulfide) groups is 1. The van der Waals surface area contributed by atoms with Crippen LogP contribution < -0.4 is 14.8 Å². The molecule has 0 bridgehead atoms. The molecule has 2 aromatic heterocycles. The Morgan fingerprint density at radius 2 is 2.00 bits per heavy atom. The third-order valence-electron chi connectivity index (χ3n) is 3.87. The number of nitrogens with zero attached hydrogens (tertiary/aromatic N) is 3. The summed E-state index contributed by atoms with van der Waals surface area (Å²) in [6, 6.07) is 12.6. The first-order valence-corrected chi connectivity index (χ1v) is 10.9. The van der Waals surface area contributed by atoms with Gasteiger partial charge in [-0.25, -0.2) is 9.97 Å². The lowest BCUT2D eigenvalue weighted by Crippen LogP contribution is -2.13. The highest BCUT2D eigenvalue weighted by Gasteiger charge is 2.11. The minimum Gasteiger partial charge on any atom is -0.497 e. The number of benzene rings is 2. The molecule has 0 saturated heterocycles. The number of carbonyl (C=O) groups excluding carboxylic acids is 1. The molecule has 0 fully saturated rings. The summed E-state index contributed by atoms with van der Waals surface area (Å²) in [5.74, 6) is 1.97. The number of methoxy groups -OCH3 is 1. The smallest absolute Gasteiger partial charge is 0.236 e. The van der Waals surface area contributed by atoms with E-state index in [9.17, 15) is 4.79 Å². The summed E-state index contributed by atoms with van der Waals surface area (Å²) in [5, 5.41) is 11.3. The Morgan fingerprint density at radius 1 is 1.20 bits per heavy atom. The number of H-pyrrole nitrogens is 1. The molecule has 0 aliphatic rings. The van der Waals surface area contributed by atoms with Crippen LogP contribution >= 0.6 is 34.7 Å². The lowest BCUT2D eigenvalue weighted by atomic mass is 10.3. The van der Waals surface area contributed by atoms with E-state index in [1.807, 2.05) is 18.2 Å². The lowest BCUT2D eigenvalue weighted by molar-refractivity contribution is -0.113. The Kier molecular flexibility index (Phi) is 6.36. The van der Waals surface area contributed by atoms with Gasteiger partial charge >= 0.3 is 0 Å². The number of anilines is 1. The Labute approximate surface area is 185 Å². The quantitative estimate of drug-likeness (QED) is 0.375. The number of hydrogen-bond acceptors (Lipinski definition) is 8. The monoisotopic (exact) mass is 461 g/mol. The highest BCUT2D eigenvalue weighted by molar-refractivity contribution is 7.99. The highest BCUT2D eigenvalue weighted by atomic mass is 35.5. The van der Waals surface area contributed by atoms with Gasteiger partial charge in [-0.15, -0.1) is 5.10 Å². The molecule has 4 rings (SSSR count). The maximum Gasteiger partial charge on any atom is 0.236 e. The van der Waals surface area contributed by atoms with Crippen molar-refractivity contribution in [2.45, 2.75) is 11.8 Å². The molecular weight excluding hydrogens is 446 g/mol. The van der Waals surface area contributed by atoms with Gasteiger partial charge in [0, 0.05) is 5.02 Å². The van der Waals surface area contributed by atoms with Gasteiger partial charge in [0.15, 0.2) is 11.0 Å². The van der Waals surface area contributed by atoms with Crippen LogP contribution in [-0.4, -0.2) is 38.9 Å². The second-order valence-electron chi connectivity index (χ2n) is 6.00. The first kappa shape index (κ1) is 20.5. The molecule has 2 heterocycles. The molecule has 0 radical (unpaired) electrons. The summed E-state index contributed by atoms with van der Waals surface area (Å²) in [5.41, 5.74) is 0.808. The summed E-state index contributed by atoms with van der Waals surface area (Å²) in [4.78, 5) is 21.0. The largest absolute Gasteiger partial charge is 0.497 e. The second-order valence-corrected chi connectivity index (χ2v) is 8.41. The summed E-state index contributed by atoms with van der Waals surface area (Å²) >= 11 is 8.46. The molecule has 30 heavy (non-hydrogen) atoms. The van der Waals surface area contributed by atoms with Gasteiger partial charge in [0.2, 0.25) is 11.1 Å². The zero-order valence-corrected chi connectivity index (χ0v) is 18.1.